The van der Waals surface area contributed by atoms with Crippen LogP contribution in [-0.2, 0) is 30.7 Å². The van der Waals surface area contributed by atoms with Gasteiger partial charge in [-0.25, -0.2) is 12.8 Å². The fourth-order valence-corrected chi connectivity index (χ4v) is 9.35. The summed E-state index contributed by atoms with van der Waals surface area (Å²) in [7, 11) is -3.72. The fourth-order valence-electron chi connectivity index (χ4n) is 7.05. The first-order chi connectivity index (χ1) is 22.1. The summed E-state index contributed by atoms with van der Waals surface area (Å²) in [5.74, 6) is -2.17. The summed E-state index contributed by atoms with van der Waals surface area (Å²) >= 11 is 13.0. The molecule has 4 aliphatic rings. The number of ether oxygens (including phenoxy) is 2. The van der Waals surface area contributed by atoms with E-state index in [0.717, 1.165) is 30.2 Å². The number of sulfone groups is 1. The van der Waals surface area contributed by atoms with Crippen molar-refractivity contribution in [2.45, 2.75) is 63.2 Å². The zero-order chi connectivity index (χ0) is 32.2. The molecular formula is C33H33Cl2FN2O7S. The molecule has 0 radical (unpaired) electrons. The lowest BCUT2D eigenvalue weighted by atomic mass is 10.0. The molecule has 0 unspecified atom stereocenters. The number of ketones is 1. The average Bonchev–Trinajstić information content (AvgIpc) is 3.51. The van der Waals surface area contributed by atoms with E-state index in [4.69, 9.17) is 37.2 Å². The van der Waals surface area contributed by atoms with Crippen LogP contribution in [0, 0.1) is 17.7 Å². The SMILES string of the molecule is O=C(CS(=O)(=O)CC1CCOCC1)c1ccc(N2C(=O)[C@@H]3C[C@H]2C[C@H]3OCc2c(-c3c(Cl)cccc3Cl)noc2C2CC2)cc1F. The summed E-state index contributed by atoms with van der Waals surface area (Å²) in [5.41, 5.74) is 1.93. The summed E-state index contributed by atoms with van der Waals surface area (Å²) in [6.07, 6.45) is 3.98. The molecular weight excluding hydrogens is 658 g/mol. The standard InChI is InChI=1S/C33H33Cl2FN2O7S/c34-25-2-1-3-26(35)30(25)31-24(32(45-37-31)19-4-5-19)15-44-29-14-21-12-23(29)33(40)38(21)20-6-7-22(27(36)13-20)28(39)17-46(41,42)16-18-8-10-43-11-9-18/h1-3,6-7,13,18-19,21,23,29H,4-5,8-12,14-17H2/t21-,23+,29+/m0/s1. The number of piperidine rings is 1. The molecule has 2 aliphatic heterocycles. The third kappa shape index (κ3) is 6.24. The number of fused-ring (bicyclic) bond motifs is 2. The largest absolute Gasteiger partial charge is 0.381 e. The van der Waals surface area contributed by atoms with Crippen LogP contribution < -0.4 is 4.90 Å². The van der Waals surface area contributed by atoms with Crippen LogP contribution in [0.1, 0.15) is 66.1 Å². The van der Waals surface area contributed by atoms with Crippen LogP contribution in [0.25, 0.3) is 11.3 Å². The van der Waals surface area contributed by atoms with Crippen LogP contribution >= 0.6 is 23.2 Å². The molecule has 2 bridgehead atoms. The Hall–Kier alpha value is -2.83. The smallest absolute Gasteiger partial charge is 0.233 e. The van der Waals surface area contributed by atoms with Gasteiger partial charge in [0, 0.05) is 42.0 Å². The molecule has 13 heteroatoms. The highest BCUT2D eigenvalue weighted by molar-refractivity contribution is 7.92. The number of carbonyl (C=O) groups is 2. The first-order valence-corrected chi connectivity index (χ1v) is 18.2. The Morgan fingerprint density at radius 3 is 2.48 bits per heavy atom. The topological polar surface area (TPSA) is 116 Å². The van der Waals surface area contributed by atoms with Crippen molar-refractivity contribution in [3.63, 3.8) is 0 Å². The lowest BCUT2D eigenvalue weighted by molar-refractivity contribution is -0.126. The van der Waals surface area contributed by atoms with Gasteiger partial charge in [-0.2, -0.15) is 0 Å². The number of Topliss-reactive ketones (excluding diaryl/α,β-unsaturated/α-hetero) is 1. The monoisotopic (exact) mass is 690 g/mol. The number of halogens is 3. The number of benzene rings is 2. The van der Waals surface area contributed by atoms with E-state index >= 15 is 4.39 Å². The number of amides is 1. The van der Waals surface area contributed by atoms with Crippen molar-refractivity contribution >= 4 is 50.4 Å². The van der Waals surface area contributed by atoms with E-state index in [2.05, 4.69) is 5.16 Å². The molecule has 2 aliphatic carbocycles. The second-order valence-electron chi connectivity index (χ2n) is 12.7. The van der Waals surface area contributed by atoms with Gasteiger partial charge in [0.15, 0.2) is 15.6 Å². The molecule has 9 nitrogen and oxygen atoms in total. The number of carbonyl (C=O) groups excluding carboxylic acids is 2. The Balaban J connectivity index is 1.02. The van der Waals surface area contributed by atoms with Gasteiger partial charge < -0.3 is 18.9 Å². The first-order valence-electron chi connectivity index (χ1n) is 15.6. The van der Waals surface area contributed by atoms with E-state index < -0.39 is 33.1 Å². The minimum Gasteiger partial charge on any atom is -0.381 e. The third-order valence-corrected chi connectivity index (χ3v) is 11.8. The molecule has 46 heavy (non-hydrogen) atoms. The van der Waals surface area contributed by atoms with Crippen LogP contribution in [0.15, 0.2) is 40.9 Å². The highest BCUT2D eigenvalue weighted by Crippen LogP contribution is 2.48. The fraction of sp³-hybridized carbons (Fsp3) is 0.485. The van der Waals surface area contributed by atoms with Crippen molar-refractivity contribution < 1.29 is 36.4 Å². The van der Waals surface area contributed by atoms with Gasteiger partial charge in [0.2, 0.25) is 5.91 Å². The number of rotatable bonds is 11. The number of nitrogens with zero attached hydrogens (tertiary/aromatic N) is 2. The van der Waals surface area contributed by atoms with Crippen LogP contribution in [0.4, 0.5) is 10.1 Å². The van der Waals surface area contributed by atoms with Crippen molar-refractivity contribution in [3.05, 3.63) is 69.1 Å². The van der Waals surface area contributed by atoms with Gasteiger partial charge >= 0.3 is 0 Å². The van der Waals surface area contributed by atoms with E-state index in [-0.39, 0.29) is 47.8 Å². The summed E-state index contributed by atoms with van der Waals surface area (Å²) in [4.78, 5) is 27.9. The van der Waals surface area contributed by atoms with E-state index in [1.807, 2.05) is 0 Å². The third-order valence-electron chi connectivity index (χ3n) is 9.52. The molecule has 2 saturated carbocycles. The lowest BCUT2D eigenvalue weighted by Gasteiger charge is -2.31. The van der Waals surface area contributed by atoms with Gasteiger partial charge in [-0.3, -0.25) is 9.59 Å². The van der Waals surface area contributed by atoms with E-state index in [1.165, 1.54) is 12.1 Å². The molecule has 3 aromatic rings. The zero-order valence-electron chi connectivity index (χ0n) is 24.9. The molecule has 3 heterocycles. The molecule has 7 rings (SSSR count). The summed E-state index contributed by atoms with van der Waals surface area (Å²) in [5, 5.41) is 5.21. The molecule has 0 N–H and O–H groups in total. The van der Waals surface area contributed by atoms with Gasteiger partial charge in [-0.1, -0.05) is 34.4 Å². The summed E-state index contributed by atoms with van der Waals surface area (Å²) in [6.45, 7) is 1.17. The van der Waals surface area contributed by atoms with Crippen LogP contribution in [0.5, 0.6) is 0 Å². The second kappa shape index (κ2) is 12.6. The highest BCUT2D eigenvalue weighted by atomic mass is 35.5. The van der Waals surface area contributed by atoms with Gasteiger partial charge in [-0.05, 0) is 74.8 Å². The normalized spacial score (nSPS) is 23.4. The Labute approximate surface area is 276 Å². The zero-order valence-corrected chi connectivity index (χ0v) is 27.3. The van der Waals surface area contributed by atoms with Crippen LogP contribution in [0.3, 0.4) is 0 Å². The van der Waals surface area contributed by atoms with Crippen molar-refractivity contribution in [1.29, 1.82) is 0 Å². The van der Waals surface area contributed by atoms with E-state index in [9.17, 15) is 18.0 Å². The van der Waals surface area contributed by atoms with E-state index in [1.54, 1.807) is 23.1 Å². The molecule has 1 aromatic heterocycles. The minimum absolute atomic E-state index is 0.0670. The Kier molecular flexibility index (Phi) is 8.73. The first kappa shape index (κ1) is 31.8. The number of hydrogen-bond acceptors (Lipinski definition) is 8. The molecule has 2 aromatic carbocycles. The Morgan fingerprint density at radius 1 is 1.07 bits per heavy atom. The molecule has 0 spiro atoms. The number of hydrogen-bond donors (Lipinski definition) is 0. The molecule has 4 fully saturated rings. The van der Waals surface area contributed by atoms with Gasteiger partial charge in [-0.15, -0.1) is 0 Å². The maximum absolute atomic E-state index is 15.2. The maximum atomic E-state index is 15.2. The summed E-state index contributed by atoms with van der Waals surface area (Å²) < 4.78 is 57.9. The Bertz CT molecular complexity index is 1770. The van der Waals surface area contributed by atoms with E-state index in [0.29, 0.717) is 65.9 Å². The predicted octanol–water partition coefficient (Wildman–Crippen LogP) is 6.40. The maximum Gasteiger partial charge on any atom is 0.233 e. The van der Waals surface area contributed by atoms with Crippen LogP contribution in [0.2, 0.25) is 10.0 Å². The van der Waals surface area contributed by atoms with Gasteiger partial charge in [0.25, 0.3) is 0 Å². The highest BCUT2D eigenvalue weighted by Gasteiger charge is 2.52. The van der Waals surface area contributed by atoms with Crippen molar-refractivity contribution in [2.24, 2.45) is 11.8 Å². The van der Waals surface area contributed by atoms with Crippen molar-refractivity contribution in [3.8, 4) is 11.3 Å². The van der Waals surface area contributed by atoms with Crippen LogP contribution in [-0.4, -0.2) is 62.1 Å². The Morgan fingerprint density at radius 2 is 1.80 bits per heavy atom. The minimum atomic E-state index is -3.72. The van der Waals surface area contributed by atoms with Gasteiger partial charge in [0.1, 0.15) is 23.0 Å². The lowest BCUT2D eigenvalue weighted by Crippen LogP contribution is -2.43. The van der Waals surface area contributed by atoms with Gasteiger partial charge in [0.05, 0.1) is 40.0 Å². The predicted molar refractivity (Wildman–Crippen MR) is 169 cm³/mol. The van der Waals surface area contributed by atoms with Crippen molar-refractivity contribution in [2.75, 3.05) is 29.6 Å². The molecule has 2 saturated heterocycles. The molecule has 1 amide bonds. The quantitative estimate of drug-likeness (QED) is 0.212. The number of anilines is 1. The average molecular weight is 692 g/mol. The summed E-state index contributed by atoms with van der Waals surface area (Å²) in [6, 6.07) is 8.96. The van der Waals surface area contributed by atoms with Crippen molar-refractivity contribution in [1.82, 2.24) is 5.16 Å². The number of aromatic nitrogens is 1. The molecule has 3 atom stereocenters. The molecule has 244 valence electrons. The second-order valence-corrected chi connectivity index (χ2v) is 15.7.